The van der Waals surface area contributed by atoms with E-state index in [1.807, 2.05) is 66.4 Å². The number of para-hydroxylation sites is 1. The van der Waals surface area contributed by atoms with Gasteiger partial charge >= 0.3 is 0 Å². The Morgan fingerprint density at radius 2 is 1.55 bits per heavy atom. The molecule has 2 aromatic carbocycles. The third-order valence-electron chi connectivity index (χ3n) is 6.31. The fourth-order valence-electron chi connectivity index (χ4n) is 4.73. The molecule has 0 radical (unpaired) electrons. The molecule has 31 heavy (non-hydrogen) atoms. The number of hydrogen-bond acceptors (Lipinski definition) is 4. The number of benzene rings is 2. The second-order valence-electron chi connectivity index (χ2n) is 8.16. The maximum absolute atomic E-state index is 13.8. The van der Waals surface area contributed by atoms with E-state index >= 15 is 0 Å². The number of nitrogens with zero attached hydrogens (tertiary/aromatic N) is 2. The highest BCUT2D eigenvalue weighted by Crippen LogP contribution is 2.37. The third kappa shape index (κ3) is 4.09. The number of carbonyl (C=O) groups excluding carboxylic acids is 2. The zero-order valence-corrected chi connectivity index (χ0v) is 18.3. The van der Waals surface area contributed by atoms with Gasteiger partial charge in [0, 0.05) is 18.3 Å². The summed E-state index contributed by atoms with van der Waals surface area (Å²) in [5, 5.41) is 0. The van der Waals surface area contributed by atoms with E-state index in [9.17, 15) is 9.59 Å². The topological polar surface area (TPSA) is 49.9 Å². The van der Waals surface area contributed by atoms with Crippen molar-refractivity contribution in [2.24, 2.45) is 0 Å². The van der Waals surface area contributed by atoms with Gasteiger partial charge in [0.15, 0.2) is 0 Å². The molecule has 0 atom stereocenters. The Balaban J connectivity index is 1.82. The Morgan fingerprint density at radius 1 is 0.903 bits per heavy atom. The van der Waals surface area contributed by atoms with Crippen LogP contribution in [-0.4, -0.2) is 36.4 Å². The molecule has 162 valence electrons. The fraction of sp³-hybridized carbons (Fsp3) is 0.385. The molecule has 0 N–H and O–H groups in total. The highest BCUT2D eigenvalue weighted by Gasteiger charge is 2.44. The lowest BCUT2D eigenvalue weighted by Gasteiger charge is -2.28. The van der Waals surface area contributed by atoms with Gasteiger partial charge in [-0.1, -0.05) is 56.0 Å². The normalized spacial score (nSPS) is 17.8. The van der Waals surface area contributed by atoms with E-state index in [0.717, 1.165) is 42.7 Å². The summed E-state index contributed by atoms with van der Waals surface area (Å²) < 4.78 is 5.29. The van der Waals surface area contributed by atoms with Crippen molar-refractivity contribution in [3.8, 4) is 5.75 Å². The van der Waals surface area contributed by atoms with Gasteiger partial charge in [0.05, 0.1) is 12.7 Å². The molecule has 1 aliphatic heterocycles. The van der Waals surface area contributed by atoms with Crippen LogP contribution in [0.15, 0.2) is 60.3 Å². The molecular weight excluding hydrogens is 388 g/mol. The van der Waals surface area contributed by atoms with Crippen LogP contribution in [0.2, 0.25) is 0 Å². The molecule has 2 aromatic rings. The number of imide groups is 1. The Kier molecular flexibility index (Phi) is 6.40. The average Bonchev–Trinajstić information content (AvgIpc) is 2.97. The van der Waals surface area contributed by atoms with E-state index in [-0.39, 0.29) is 17.9 Å². The minimum atomic E-state index is -0.175. The van der Waals surface area contributed by atoms with Crippen LogP contribution < -0.4 is 9.64 Å². The van der Waals surface area contributed by atoms with Crippen LogP contribution in [0, 0.1) is 0 Å². The van der Waals surface area contributed by atoms with E-state index in [1.54, 1.807) is 12.0 Å². The summed E-state index contributed by atoms with van der Waals surface area (Å²) in [5.74, 6) is 0.374. The number of anilines is 1. The van der Waals surface area contributed by atoms with Crippen molar-refractivity contribution in [1.29, 1.82) is 0 Å². The number of amides is 2. The van der Waals surface area contributed by atoms with Crippen molar-refractivity contribution in [2.75, 3.05) is 18.6 Å². The second-order valence-corrected chi connectivity index (χ2v) is 8.16. The van der Waals surface area contributed by atoms with E-state index in [4.69, 9.17) is 4.74 Å². The summed E-state index contributed by atoms with van der Waals surface area (Å²) in [7, 11) is 1.62. The number of likely N-dealkylation sites (N-methyl/N-ethyl adjacent to an activating group) is 1. The first-order chi connectivity index (χ1) is 15.2. The fourth-order valence-corrected chi connectivity index (χ4v) is 4.73. The number of methoxy groups -OCH3 is 1. The number of carbonyl (C=O) groups is 2. The number of hydrogen-bond donors (Lipinski definition) is 0. The molecule has 1 saturated carbocycles. The number of rotatable bonds is 6. The molecular formula is C26H30N2O3. The van der Waals surface area contributed by atoms with Crippen molar-refractivity contribution in [3.63, 3.8) is 0 Å². The van der Waals surface area contributed by atoms with E-state index in [2.05, 4.69) is 0 Å². The zero-order valence-electron chi connectivity index (χ0n) is 18.3. The van der Waals surface area contributed by atoms with Gasteiger partial charge in [-0.05, 0) is 49.6 Å². The molecule has 1 aliphatic carbocycles. The van der Waals surface area contributed by atoms with Crippen molar-refractivity contribution >= 4 is 23.1 Å². The van der Waals surface area contributed by atoms with Gasteiger partial charge < -0.3 is 9.64 Å². The Bertz CT molecular complexity index is 958. The lowest BCUT2D eigenvalue weighted by Crippen LogP contribution is -2.42. The Labute approximate surface area is 184 Å². The lowest BCUT2D eigenvalue weighted by atomic mass is 10.0. The van der Waals surface area contributed by atoms with Crippen LogP contribution in [0.5, 0.6) is 5.75 Å². The van der Waals surface area contributed by atoms with Gasteiger partial charge in [-0.3, -0.25) is 14.5 Å². The smallest absolute Gasteiger partial charge is 0.278 e. The first-order valence-electron chi connectivity index (χ1n) is 11.2. The number of ether oxygens (including phenoxy) is 1. The SMILES string of the molecule is CCN(C1=C(c2ccc(OC)cc2)C(=O)N(C2CCCCCC2)C1=O)c1ccccc1. The highest BCUT2D eigenvalue weighted by molar-refractivity contribution is 6.36. The van der Waals surface area contributed by atoms with E-state index < -0.39 is 0 Å². The average molecular weight is 419 g/mol. The maximum atomic E-state index is 13.8. The van der Waals surface area contributed by atoms with Gasteiger partial charge in [0.1, 0.15) is 11.4 Å². The molecule has 5 nitrogen and oxygen atoms in total. The third-order valence-corrected chi connectivity index (χ3v) is 6.31. The van der Waals surface area contributed by atoms with Gasteiger partial charge in [-0.15, -0.1) is 0 Å². The minimum Gasteiger partial charge on any atom is -0.497 e. The van der Waals surface area contributed by atoms with Crippen molar-refractivity contribution in [2.45, 2.75) is 51.5 Å². The molecule has 2 amide bonds. The molecule has 1 fully saturated rings. The summed E-state index contributed by atoms with van der Waals surface area (Å²) in [6, 6.07) is 17.2. The molecule has 1 heterocycles. The van der Waals surface area contributed by atoms with Crippen LogP contribution in [0.4, 0.5) is 5.69 Å². The first-order valence-corrected chi connectivity index (χ1v) is 11.2. The summed E-state index contributed by atoms with van der Waals surface area (Å²) in [4.78, 5) is 31.0. The van der Waals surface area contributed by atoms with Crippen molar-refractivity contribution < 1.29 is 14.3 Å². The summed E-state index contributed by atoms with van der Waals surface area (Å²) >= 11 is 0. The van der Waals surface area contributed by atoms with Crippen LogP contribution in [-0.2, 0) is 9.59 Å². The van der Waals surface area contributed by atoms with Gasteiger partial charge in [0.2, 0.25) is 0 Å². The van der Waals surface area contributed by atoms with Crippen molar-refractivity contribution in [3.05, 3.63) is 65.9 Å². The summed E-state index contributed by atoms with van der Waals surface area (Å²) in [6.45, 7) is 2.61. The summed E-state index contributed by atoms with van der Waals surface area (Å²) in [6.07, 6.45) is 6.24. The Hall–Kier alpha value is -3.08. The van der Waals surface area contributed by atoms with Crippen LogP contribution in [0.1, 0.15) is 51.0 Å². The predicted molar refractivity (Wildman–Crippen MR) is 123 cm³/mol. The molecule has 0 bridgehead atoms. The molecule has 2 aliphatic rings. The maximum Gasteiger partial charge on any atom is 0.278 e. The molecule has 5 heteroatoms. The molecule has 0 spiro atoms. The first kappa shape index (κ1) is 21.2. The van der Waals surface area contributed by atoms with E-state index in [1.165, 1.54) is 12.8 Å². The summed E-state index contributed by atoms with van der Waals surface area (Å²) in [5.41, 5.74) is 2.63. The van der Waals surface area contributed by atoms with Gasteiger partial charge in [-0.25, -0.2) is 0 Å². The molecule has 0 aromatic heterocycles. The van der Waals surface area contributed by atoms with Crippen LogP contribution in [0.25, 0.3) is 5.57 Å². The van der Waals surface area contributed by atoms with Crippen LogP contribution >= 0.6 is 0 Å². The largest absolute Gasteiger partial charge is 0.497 e. The molecule has 4 rings (SSSR count). The predicted octanol–water partition coefficient (Wildman–Crippen LogP) is 5.02. The van der Waals surface area contributed by atoms with Gasteiger partial charge in [0.25, 0.3) is 11.8 Å². The Morgan fingerprint density at radius 3 is 2.13 bits per heavy atom. The van der Waals surface area contributed by atoms with Gasteiger partial charge in [-0.2, -0.15) is 0 Å². The second kappa shape index (κ2) is 9.38. The quantitative estimate of drug-likeness (QED) is 0.488. The van der Waals surface area contributed by atoms with E-state index in [0.29, 0.717) is 17.8 Å². The minimum absolute atomic E-state index is 0.0253. The zero-order chi connectivity index (χ0) is 21.8. The standard InChI is InChI=1S/C26H30N2O3/c1-3-27(20-11-9-6-10-12-20)24-23(19-15-17-22(31-2)18-16-19)25(29)28(26(24)30)21-13-7-4-5-8-14-21/h6,9-12,15-18,21H,3-5,7-8,13-14H2,1-2H3. The monoisotopic (exact) mass is 418 g/mol. The van der Waals surface area contributed by atoms with Crippen molar-refractivity contribution in [1.82, 2.24) is 4.90 Å². The lowest BCUT2D eigenvalue weighted by molar-refractivity contribution is -0.139. The molecule has 0 saturated heterocycles. The van der Waals surface area contributed by atoms with Crippen LogP contribution in [0.3, 0.4) is 0 Å². The molecule has 0 unspecified atom stereocenters. The highest BCUT2D eigenvalue weighted by atomic mass is 16.5.